The summed E-state index contributed by atoms with van der Waals surface area (Å²) in [6.45, 7) is 3.96. The van der Waals surface area contributed by atoms with E-state index < -0.39 is 6.09 Å². The Morgan fingerprint density at radius 3 is 2.61 bits per heavy atom. The number of amides is 2. The molecule has 2 aromatic heterocycles. The van der Waals surface area contributed by atoms with Crippen LogP contribution in [0.25, 0.3) is 0 Å². The van der Waals surface area contributed by atoms with Gasteiger partial charge in [0.05, 0.1) is 13.3 Å². The second-order valence-corrected chi connectivity index (χ2v) is 4.68. The highest BCUT2D eigenvalue weighted by Crippen LogP contribution is 2.07. The van der Waals surface area contributed by atoms with Crippen molar-refractivity contribution in [2.45, 2.75) is 26.9 Å². The van der Waals surface area contributed by atoms with Gasteiger partial charge >= 0.3 is 6.09 Å². The van der Waals surface area contributed by atoms with Crippen LogP contribution in [-0.2, 0) is 22.6 Å². The summed E-state index contributed by atoms with van der Waals surface area (Å²) in [5, 5.41) is 12.9. The molecule has 0 aromatic carbocycles. The molecule has 23 heavy (non-hydrogen) atoms. The van der Waals surface area contributed by atoms with Gasteiger partial charge in [-0.2, -0.15) is 9.90 Å². The molecule has 0 aliphatic carbocycles. The molecular formula is C13H17N7O3. The maximum Gasteiger partial charge on any atom is 0.412 e. The van der Waals surface area contributed by atoms with Crippen molar-refractivity contribution in [2.75, 3.05) is 12.4 Å². The molecule has 2 aromatic rings. The maximum absolute atomic E-state index is 11.9. The van der Waals surface area contributed by atoms with E-state index >= 15 is 0 Å². The fraction of sp³-hybridized carbons (Fsp3) is 0.385. The highest BCUT2D eigenvalue weighted by Gasteiger charge is 2.10. The Hall–Kier alpha value is -3.04. The first-order chi connectivity index (χ1) is 11.0. The Balaban J connectivity index is 1.89. The lowest BCUT2D eigenvalue weighted by Gasteiger charge is -2.09. The first-order valence-corrected chi connectivity index (χ1v) is 6.78. The molecule has 2 rings (SSSR count). The summed E-state index contributed by atoms with van der Waals surface area (Å²) in [6, 6.07) is 0. The van der Waals surface area contributed by atoms with E-state index in [-0.39, 0.29) is 18.3 Å². The van der Waals surface area contributed by atoms with Gasteiger partial charge in [-0.05, 0) is 13.8 Å². The molecule has 0 aliphatic rings. The van der Waals surface area contributed by atoms with Gasteiger partial charge in [-0.25, -0.2) is 14.8 Å². The van der Waals surface area contributed by atoms with Crippen LogP contribution in [-0.4, -0.2) is 44.1 Å². The van der Waals surface area contributed by atoms with Crippen molar-refractivity contribution in [2.24, 2.45) is 0 Å². The lowest BCUT2D eigenvalue weighted by Crippen LogP contribution is -2.29. The van der Waals surface area contributed by atoms with Gasteiger partial charge in [-0.1, -0.05) is 0 Å². The minimum absolute atomic E-state index is 0.0748. The first kappa shape index (κ1) is 16.3. The third-order valence-corrected chi connectivity index (χ3v) is 3.08. The smallest absolute Gasteiger partial charge is 0.412 e. The topological polar surface area (TPSA) is 124 Å². The van der Waals surface area contributed by atoms with Gasteiger partial charge in [0.1, 0.15) is 12.9 Å². The zero-order valence-corrected chi connectivity index (χ0v) is 13.0. The molecule has 0 atom stereocenters. The van der Waals surface area contributed by atoms with Crippen LogP contribution < -0.4 is 10.6 Å². The highest BCUT2D eigenvalue weighted by atomic mass is 16.5. The number of ether oxygens (including phenoxy) is 1. The van der Waals surface area contributed by atoms with Gasteiger partial charge < -0.3 is 10.1 Å². The number of nitrogens with one attached hydrogen (secondary N) is 2. The van der Waals surface area contributed by atoms with Crippen molar-refractivity contribution in [3.8, 4) is 0 Å². The summed E-state index contributed by atoms with van der Waals surface area (Å²) in [5.41, 5.74) is 2.52. The van der Waals surface area contributed by atoms with E-state index in [1.54, 1.807) is 0 Å². The van der Waals surface area contributed by atoms with E-state index in [2.05, 4.69) is 35.5 Å². The highest BCUT2D eigenvalue weighted by molar-refractivity contribution is 5.82. The molecule has 0 fully saturated rings. The first-order valence-electron chi connectivity index (χ1n) is 6.78. The molecule has 0 spiro atoms. The summed E-state index contributed by atoms with van der Waals surface area (Å²) < 4.78 is 4.44. The van der Waals surface area contributed by atoms with E-state index in [9.17, 15) is 9.59 Å². The minimum atomic E-state index is -0.656. The Bertz CT molecular complexity index is 693. The number of carbonyl (C=O) groups is 2. The number of rotatable bonds is 5. The Morgan fingerprint density at radius 1 is 1.26 bits per heavy atom. The molecular weight excluding hydrogens is 302 g/mol. The third kappa shape index (κ3) is 4.46. The standard InChI is InChI=1S/C13H17N7O3/c1-8-10(9(2)16-7-15-8)4-14-12(21)6-20-17-5-11(19-20)18-13(22)23-3/h5,7H,4,6H2,1-3H3,(H,14,21)(H,18,19,22). The van der Waals surface area contributed by atoms with Crippen LogP contribution >= 0.6 is 0 Å². The van der Waals surface area contributed by atoms with E-state index in [1.807, 2.05) is 13.8 Å². The predicted octanol–water partition coefficient (Wildman–Crippen LogP) is 0.180. The van der Waals surface area contributed by atoms with Crippen molar-refractivity contribution in [3.63, 3.8) is 0 Å². The third-order valence-electron chi connectivity index (χ3n) is 3.08. The Morgan fingerprint density at radius 2 is 1.96 bits per heavy atom. The van der Waals surface area contributed by atoms with Crippen LogP contribution in [0, 0.1) is 13.8 Å². The Labute approximate surface area is 132 Å². The number of anilines is 1. The van der Waals surface area contributed by atoms with Gasteiger partial charge in [-0.15, -0.1) is 5.10 Å². The zero-order chi connectivity index (χ0) is 16.8. The SMILES string of the molecule is COC(=O)Nc1cnn(CC(=O)NCc2c(C)ncnc2C)n1. The lowest BCUT2D eigenvalue weighted by molar-refractivity contribution is -0.122. The molecule has 2 N–H and O–H groups in total. The van der Waals surface area contributed by atoms with Crippen molar-refractivity contribution in [1.29, 1.82) is 0 Å². The number of aryl methyl sites for hydroxylation is 2. The van der Waals surface area contributed by atoms with Crippen molar-refractivity contribution in [1.82, 2.24) is 30.3 Å². The number of aromatic nitrogens is 5. The summed E-state index contributed by atoms with van der Waals surface area (Å²) in [4.78, 5) is 32.3. The van der Waals surface area contributed by atoms with E-state index in [0.717, 1.165) is 17.0 Å². The van der Waals surface area contributed by atoms with Crippen LogP contribution in [0.2, 0.25) is 0 Å². The Kier molecular flexibility index (Phi) is 5.18. The number of carbonyl (C=O) groups excluding carboxylic acids is 2. The molecule has 10 heteroatoms. The molecule has 0 aliphatic heterocycles. The molecule has 0 bridgehead atoms. The molecule has 2 amide bonds. The van der Waals surface area contributed by atoms with Crippen molar-refractivity contribution in [3.05, 3.63) is 29.5 Å². The van der Waals surface area contributed by atoms with Crippen molar-refractivity contribution < 1.29 is 14.3 Å². The van der Waals surface area contributed by atoms with Crippen LogP contribution in [0.4, 0.5) is 10.6 Å². The fourth-order valence-electron chi connectivity index (χ4n) is 1.83. The molecule has 2 heterocycles. The van der Waals surface area contributed by atoms with Gasteiger partial charge in [0.15, 0.2) is 5.82 Å². The fourth-order valence-corrected chi connectivity index (χ4v) is 1.83. The second kappa shape index (κ2) is 7.29. The van der Waals surface area contributed by atoms with Crippen LogP contribution in [0.1, 0.15) is 17.0 Å². The molecule has 0 unspecified atom stereocenters. The molecule has 0 radical (unpaired) electrons. The van der Waals surface area contributed by atoms with Crippen molar-refractivity contribution >= 4 is 17.8 Å². The van der Waals surface area contributed by atoms with Gasteiger partial charge in [0, 0.05) is 23.5 Å². The van der Waals surface area contributed by atoms with Crippen LogP contribution in [0.5, 0.6) is 0 Å². The average Bonchev–Trinajstić information content (AvgIpc) is 2.93. The minimum Gasteiger partial charge on any atom is -0.453 e. The van der Waals surface area contributed by atoms with Gasteiger partial charge in [-0.3, -0.25) is 10.1 Å². The van der Waals surface area contributed by atoms with Gasteiger partial charge in [0.25, 0.3) is 0 Å². The van der Waals surface area contributed by atoms with E-state index in [0.29, 0.717) is 6.54 Å². The number of hydrogen-bond acceptors (Lipinski definition) is 7. The second-order valence-electron chi connectivity index (χ2n) is 4.68. The van der Waals surface area contributed by atoms with E-state index in [4.69, 9.17) is 0 Å². The molecule has 0 saturated heterocycles. The monoisotopic (exact) mass is 319 g/mol. The quantitative estimate of drug-likeness (QED) is 0.805. The van der Waals surface area contributed by atoms with E-state index in [1.165, 1.54) is 24.4 Å². The normalized spacial score (nSPS) is 10.2. The average molecular weight is 319 g/mol. The van der Waals surface area contributed by atoms with Gasteiger partial charge in [0.2, 0.25) is 5.91 Å². The van der Waals surface area contributed by atoms with Crippen LogP contribution in [0.15, 0.2) is 12.5 Å². The largest absolute Gasteiger partial charge is 0.453 e. The summed E-state index contributed by atoms with van der Waals surface area (Å²) in [5.74, 6) is -0.0688. The molecule has 10 nitrogen and oxygen atoms in total. The number of hydrogen-bond donors (Lipinski definition) is 2. The summed E-state index contributed by atoms with van der Waals surface area (Å²) in [7, 11) is 1.24. The molecule has 122 valence electrons. The molecule has 0 saturated carbocycles. The maximum atomic E-state index is 11.9. The number of methoxy groups -OCH3 is 1. The summed E-state index contributed by atoms with van der Waals surface area (Å²) >= 11 is 0. The number of nitrogens with zero attached hydrogens (tertiary/aromatic N) is 5. The lowest BCUT2D eigenvalue weighted by atomic mass is 10.2. The predicted molar refractivity (Wildman–Crippen MR) is 79.4 cm³/mol. The summed E-state index contributed by atoms with van der Waals surface area (Å²) in [6.07, 6.45) is 2.15. The zero-order valence-electron chi connectivity index (χ0n) is 13.0. The van der Waals surface area contributed by atoms with Crippen LogP contribution in [0.3, 0.4) is 0 Å².